The van der Waals surface area contributed by atoms with Crippen molar-refractivity contribution < 1.29 is 29.0 Å². The molecular formula is C11H14F5NO2S. The van der Waals surface area contributed by atoms with Gasteiger partial charge in [-0.1, -0.05) is 46.3 Å². The number of carbonyl (C=O) groups excluding carboxylic acids is 1. The van der Waals surface area contributed by atoms with Crippen LogP contribution >= 0.6 is 10.2 Å². The summed E-state index contributed by atoms with van der Waals surface area (Å²) in [6.07, 6.45) is -1.39. The van der Waals surface area contributed by atoms with Gasteiger partial charge < -0.3 is 10.5 Å². The number of hydrogen-bond donors (Lipinski definition) is 1. The molecule has 0 fully saturated rings. The normalized spacial score (nSPS) is 16.2. The van der Waals surface area contributed by atoms with Crippen LogP contribution in [0, 0.1) is 0 Å². The number of nitrogens with two attached hydrogens (primary N) is 1. The van der Waals surface area contributed by atoms with Crippen molar-refractivity contribution >= 4 is 16.3 Å². The van der Waals surface area contributed by atoms with Crippen LogP contribution < -0.4 is 10.5 Å². The van der Waals surface area contributed by atoms with Gasteiger partial charge in [0.25, 0.3) is 0 Å². The number of carbonyl (C=O) groups is 1. The molecule has 20 heavy (non-hydrogen) atoms. The molecule has 0 aliphatic heterocycles. The zero-order valence-electron chi connectivity index (χ0n) is 10.9. The van der Waals surface area contributed by atoms with E-state index in [1.54, 1.807) is 0 Å². The van der Waals surface area contributed by atoms with Crippen molar-refractivity contribution in [1.29, 1.82) is 0 Å². The fraction of sp³-hybridized carbons (Fsp3) is 0.364. The van der Waals surface area contributed by atoms with Gasteiger partial charge in [-0.3, -0.25) is 0 Å². The van der Waals surface area contributed by atoms with E-state index in [2.05, 4.69) is 10.5 Å². The van der Waals surface area contributed by atoms with E-state index in [0.717, 1.165) is 12.1 Å². The molecule has 0 aromatic heterocycles. The molecule has 0 unspecified atom stereocenters. The van der Waals surface area contributed by atoms with Gasteiger partial charge in [-0.15, -0.1) is 0 Å². The minimum atomic E-state index is -9.92. The van der Waals surface area contributed by atoms with Crippen molar-refractivity contribution in [2.45, 2.75) is 31.1 Å². The standard InChI is InChI=1S/C11H14F5NO2S/c1-11(2,3)8-5-4-7(19-10(17)18)6-9(8)20(12,13,14,15)16/h4-6H,1-3H3,(H2,17,18). The summed E-state index contributed by atoms with van der Waals surface area (Å²) in [5.41, 5.74) is 2.89. The van der Waals surface area contributed by atoms with E-state index >= 15 is 0 Å². The average molecular weight is 319 g/mol. The molecule has 0 saturated heterocycles. The first-order valence-electron chi connectivity index (χ1n) is 5.36. The monoisotopic (exact) mass is 319 g/mol. The summed E-state index contributed by atoms with van der Waals surface area (Å²) >= 11 is 0. The van der Waals surface area contributed by atoms with Gasteiger partial charge in [0.2, 0.25) is 0 Å². The molecule has 9 heteroatoms. The molecule has 1 aromatic rings. The lowest BCUT2D eigenvalue weighted by molar-refractivity contribution is 0.210. The maximum atomic E-state index is 13.1. The number of rotatable bonds is 2. The summed E-state index contributed by atoms with van der Waals surface area (Å²) in [6, 6.07) is 1.94. The first kappa shape index (κ1) is 16.5. The number of amides is 1. The molecule has 0 radical (unpaired) electrons. The fourth-order valence-electron chi connectivity index (χ4n) is 1.62. The second-order valence-electron chi connectivity index (χ2n) is 5.30. The number of halogens is 5. The average Bonchev–Trinajstić information content (AvgIpc) is 2.11. The van der Waals surface area contributed by atoms with Crippen molar-refractivity contribution in [3.63, 3.8) is 0 Å². The van der Waals surface area contributed by atoms with Crippen molar-refractivity contribution in [3.8, 4) is 5.75 Å². The predicted molar refractivity (Wildman–Crippen MR) is 66.8 cm³/mol. The summed E-state index contributed by atoms with van der Waals surface area (Å²) in [5, 5.41) is 0. The molecule has 3 nitrogen and oxygen atoms in total. The molecule has 0 heterocycles. The molecule has 0 bridgehead atoms. The molecule has 0 atom stereocenters. The summed E-state index contributed by atoms with van der Waals surface area (Å²) in [6.45, 7) is 4.10. The highest BCUT2D eigenvalue weighted by Gasteiger charge is 2.67. The van der Waals surface area contributed by atoms with Crippen LogP contribution in [0.4, 0.5) is 24.2 Å². The van der Waals surface area contributed by atoms with Crippen LogP contribution in [-0.4, -0.2) is 6.09 Å². The van der Waals surface area contributed by atoms with E-state index in [0.29, 0.717) is 0 Å². The molecule has 116 valence electrons. The zero-order valence-corrected chi connectivity index (χ0v) is 11.7. The maximum absolute atomic E-state index is 13.1. The minimum Gasteiger partial charge on any atom is -0.410 e. The van der Waals surface area contributed by atoms with Crippen LogP contribution in [0.15, 0.2) is 23.1 Å². The SMILES string of the molecule is CC(C)(C)c1ccc(OC(N)=O)cc1S(F)(F)(F)(F)F. The molecule has 0 saturated carbocycles. The third-order valence-electron chi connectivity index (χ3n) is 2.40. The first-order chi connectivity index (χ1) is 8.50. The summed E-state index contributed by atoms with van der Waals surface area (Å²) in [7, 11) is -9.92. The molecule has 1 amide bonds. The van der Waals surface area contributed by atoms with Crippen molar-refractivity contribution in [2.24, 2.45) is 5.73 Å². The Balaban J connectivity index is 3.65. The highest BCUT2D eigenvalue weighted by molar-refractivity contribution is 8.45. The van der Waals surface area contributed by atoms with Gasteiger partial charge in [-0.25, -0.2) is 4.79 Å². The molecule has 1 aromatic carbocycles. The van der Waals surface area contributed by atoms with Crippen LogP contribution in [0.25, 0.3) is 0 Å². The lowest BCUT2D eigenvalue weighted by Crippen LogP contribution is -2.20. The van der Waals surface area contributed by atoms with Gasteiger partial charge in [-0.05, 0) is 17.0 Å². The number of hydrogen-bond acceptors (Lipinski definition) is 2. The Morgan fingerprint density at radius 3 is 2.00 bits per heavy atom. The summed E-state index contributed by atoms with van der Waals surface area (Å²) in [5.74, 6) is -0.686. The van der Waals surface area contributed by atoms with E-state index in [9.17, 15) is 24.2 Å². The molecule has 0 spiro atoms. The van der Waals surface area contributed by atoms with Gasteiger partial charge in [0.05, 0.1) is 0 Å². The Bertz CT molecular complexity index is 562. The third kappa shape index (κ3) is 3.99. The Kier molecular flexibility index (Phi) is 3.12. The van der Waals surface area contributed by atoms with Gasteiger partial charge >= 0.3 is 16.3 Å². The quantitative estimate of drug-likeness (QED) is 0.771. The predicted octanol–water partition coefficient (Wildman–Crippen LogP) is 5.10. The highest BCUT2D eigenvalue weighted by Crippen LogP contribution is 3.02. The van der Waals surface area contributed by atoms with Crippen molar-refractivity contribution in [1.82, 2.24) is 0 Å². The van der Waals surface area contributed by atoms with E-state index in [4.69, 9.17) is 0 Å². The van der Waals surface area contributed by atoms with Crippen LogP contribution in [0.2, 0.25) is 0 Å². The van der Waals surface area contributed by atoms with Gasteiger partial charge in [0.15, 0.2) is 0 Å². The molecule has 2 N–H and O–H groups in total. The van der Waals surface area contributed by atoms with E-state index < -0.39 is 37.9 Å². The third-order valence-corrected chi connectivity index (χ3v) is 3.56. The number of benzene rings is 1. The Morgan fingerprint density at radius 2 is 1.65 bits per heavy atom. The topological polar surface area (TPSA) is 52.3 Å². The minimum absolute atomic E-state index is 0.104. The number of primary amides is 1. The molecule has 0 aliphatic rings. The second-order valence-corrected chi connectivity index (χ2v) is 7.68. The molecule has 1 rings (SSSR count). The van der Waals surface area contributed by atoms with Crippen LogP contribution in [0.1, 0.15) is 26.3 Å². The zero-order chi connectivity index (χ0) is 16.0. The lowest BCUT2D eigenvalue weighted by Gasteiger charge is -2.43. The summed E-state index contributed by atoms with van der Waals surface area (Å²) in [4.78, 5) is 8.44. The largest absolute Gasteiger partial charge is 0.410 e. The van der Waals surface area contributed by atoms with E-state index in [1.165, 1.54) is 20.8 Å². The highest BCUT2D eigenvalue weighted by atomic mass is 32.5. The Morgan fingerprint density at radius 1 is 1.15 bits per heavy atom. The van der Waals surface area contributed by atoms with Crippen LogP contribution in [0.3, 0.4) is 0 Å². The Hall–Kier alpha value is -1.51. The molecule has 0 aliphatic carbocycles. The Labute approximate surface area is 112 Å². The van der Waals surface area contributed by atoms with Crippen molar-refractivity contribution in [2.75, 3.05) is 0 Å². The van der Waals surface area contributed by atoms with Crippen LogP contribution in [-0.2, 0) is 5.41 Å². The van der Waals surface area contributed by atoms with E-state index in [-0.39, 0.29) is 6.07 Å². The summed E-state index contributed by atoms with van der Waals surface area (Å²) < 4.78 is 69.7. The lowest BCUT2D eigenvalue weighted by atomic mass is 9.87. The maximum Gasteiger partial charge on any atom is 0.409 e. The van der Waals surface area contributed by atoms with Gasteiger partial charge in [-0.2, -0.15) is 0 Å². The first-order valence-corrected chi connectivity index (χ1v) is 7.32. The number of ether oxygens (including phenoxy) is 1. The smallest absolute Gasteiger partial charge is 0.409 e. The van der Waals surface area contributed by atoms with Crippen molar-refractivity contribution in [3.05, 3.63) is 23.8 Å². The van der Waals surface area contributed by atoms with Gasteiger partial charge in [0, 0.05) is 6.07 Å². The van der Waals surface area contributed by atoms with Crippen LogP contribution in [0.5, 0.6) is 5.75 Å². The second kappa shape index (κ2) is 3.78. The molecular weight excluding hydrogens is 305 g/mol. The van der Waals surface area contributed by atoms with E-state index in [1.807, 2.05) is 0 Å². The van der Waals surface area contributed by atoms with Gasteiger partial charge in [0.1, 0.15) is 10.6 Å². The fourth-order valence-corrected chi connectivity index (χ4v) is 2.75.